The molecule has 4 N–H and O–H groups in total. The number of amides is 2. The summed E-state index contributed by atoms with van der Waals surface area (Å²) in [6.07, 6.45) is 0. The highest BCUT2D eigenvalue weighted by Crippen LogP contribution is 2.19. The lowest BCUT2D eigenvalue weighted by Gasteiger charge is -2.21. The number of aromatic hydroxyl groups is 1. The summed E-state index contributed by atoms with van der Waals surface area (Å²) in [5.74, 6) is -2.87. The fourth-order valence-corrected chi connectivity index (χ4v) is 2.89. The van der Waals surface area contributed by atoms with Gasteiger partial charge < -0.3 is 25.6 Å². The van der Waals surface area contributed by atoms with E-state index in [1.807, 2.05) is 0 Å². The zero-order valence-electron chi connectivity index (χ0n) is 15.8. The van der Waals surface area contributed by atoms with Crippen molar-refractivity contribution in [1.29, 1.82) is 0 Å². The van der Waals surface area contributed by atoms with E-state index in [4.69, 9.17) is 9.84 Å². The van der Waals surface area contributed by atoms with Gasteiger partial charge in [-0.1, -0.05) is 12.6 Å². The van der Waals surface area contributed by atoms with E-state index in [-0.39, 0.29) is 55.6 Å². The van der Waals surface area contributed by atoms with Crippen molar-refractivity contribution >= 4 is 17.6 Å². The van der Waals surface area contributed by atoms with Crippen molar-refractivity contribution in [2.45, 2.75) is 13.1 Å². The first kappa shape index (κ1) is 21.0. The third-order valence-corrected chi connectivity index (χ3v) is 4.35. The van der Waals surface area contributed by atoms with Gasteiger partial charge in [0.1, 0.15) is 12.4 Å². The van der Waals surface area contributed by atoms with E-state index in [9.17, 15) is 23.9 Å². The van der Waals surface area contributed by atoms with Crippen LogP contribution >= 0.6 is 0 Å². The Kier molecular flexibility index (Phi) is 6.11. The van der Waals surface area contributed by atoms with E-state index in [1.54, 1.807) is 0 Å². The first-order valence-electron chi connectivity index (χ1n) is 8.95. The van der Waals surface area contributed by atoms with Gasteiger partial charge in [-0.15, -0.1) is 0 Å². The average molecular weight is 418 g/mol. The zero-order chi connectivity index (χ0) is 21.8. The zero-order valence-corrected chi connectivity index (χ0v) is 15.8. The number of hydrogen-bond acceptors (Lipinski definition) is 7. The molecule has 3 rings (SSSR count). The second kappa shape index (κ2) is 8.74. The molecule has 10 nitrogen and oxygen atoms in total. The summed E-state index contributed by atoms with van der Waals surface area (Å²) in [6, 6.07) is 3.43. The minimum atomic E-state index is -0.877. The number of nitrogens with zero attached hydrogens (tertiary/aromatic N) is 2. The summed E-state index contributed by atoms with van der Waals surface area (Å²) in [6.45, 7) is 3.44. The average Bonchev–Trinajstić information content (AvgIpc) is 2.73. The number of nitrogens with one attached hydrogen (secondary N) is 2. The molecule has 0 atom stereocenters. The summed E-state index contributed by atoms with van der Waals surface area (Å²) in [7, 11) is 0. The summed E-state index contributed by atoms with van der Waals surface area (Å²) in [5.41, 5.74) is -1.08. The van der Waals surface area contributed by atoms with Crippen LogP contribution in [-0.2, 0) is 17.8 Å². The maximum atomic E-state index is 13.6. The van der Waals surface area contributed by atoms with Crippen LogP contribution in [0.3, 0.4) is 0 Å². The number of fused-ring (bicyclic) bond motifs is 1. The van der Waals surface area contributed by atoms with Gasteiger partial charge in [-0.3, -0.25) is 19.0 Å². The summed E-state index contributed by atoms with van der Waals surface area (Å²) in [5, 5.41) is 23.8. The highest BCUT2D eigenvalue weighted by Gasteiger charge is 2.25. The molecule has 0 unspecified atom stereocenters. The van der Waals surface area contributed by atoms with Crippen molar-refractivity contribution in [3.63, 3.8) is 0 Å². The Hall–Kier alpha value is -3.73. The lowest BCUT2D eigenvalue weighted by molar-refractivity contribution is 0.0926. The van der Waals surface area contributed by atoms with Gasteiger partial charge in [-0.05, 0) is 17.7 Å². The van der Waals surface area contributed by atoms with Gasteiger partial charge in [0, 0.05) is 18.7 Å². The number of benzene rings is 1. The van der Waals surface area contributed by atoms with E-state index in [0.717, 1.165) is 16.7 Å². The second-order valence-electron chi connectivity index (χ2n) is 6.32. The number of carbonyl (C=O) groups excluding carboxylic acids is 2. The van der Waals surface area contributed by atoms with E-state index in [2.05, 4.69) is 22.2 Å². The van der Waals surface area contributed by atoms with Crippen LogP contribution in [-0.4, -0.2) is 51.3 Å². The maximum absolute atomic E-state index is 13.6. The fraction of sp³-hybridized carbons (Fsp3) is 0.263. The standard InChI is InChI=1S/C19H19FN4O6/c1-10-16-23-14(15(26)19(29)24(16)5-7-30-10)18(28)22-9-11-2-3-12(20)8-13(11)17(27)21-4-6-25/h2-3,8,25-26H,1,4-7,9H2,(H,21,27)(H,22,28). The van der Waals surface area contributed by atoms with Crippen molar-refractivity contribution in [2.75, 3.05) is 19.8 Å². The molecule has 0 spiro atoms. The van der Waals surface area contributed by atoms with Gasteiger partial charge in [0.05, 0.1) is 13.2 Å². The normalized spacial score (nSPS) is 12.7. The lowest BCUT2D eigenvalue weighted by Crippen LogP contribution is -2.34. The minimum Gasteiger partial charge on any atom is -0.501 e. The van der Waals surface area contributed by atoms with Crippen molar-refractivity contribution in [3.8, 4) is 5.75 Å². The minimum absolute atomic E-state index is 0.0238. The first-order chi connectivity index (χ1) is 14.3. The van der Waals surface area contributed by atoms with Gasteiger partial charge in [0.2, 0.25) is 5.75 Å². The molecule has 1 aliphatic heterocycles. The van der Waals surface area contributed by atoms with E-state index in [0.29, 0.717) is 0 Å². The molecule has 2 heterocycles. The highest BCUT2D eigenvalue weighted by atomic mass is 19.1. The summed E-state index contributed by atoms with van der Waals surface area (Å²) in [4.78, 5) is 41.0. The molecule has 2 amide bonds. The maximum Gasteiger partial charge on any atom is 0.297 e. The van der Waals surface area contributed by atoms with Crippen LogP contribution in [0.2, 0.25) is 0 Å². The molecule has 0 radical (unpaired) electrons. The molecule has 0 saturated carbocycles. The number of aromatic nitrogens is 2. The monoisotopic (exact) mass is 418 g/mol. The van der Waals surface area contributed by atoms with Crippen molar-refractivity contribution in [1.82, 2.24) is 20.2 Å². The first-order valence-corrected chi connectivity index (χ1v) is 8.95. The molecule has 0 aliphatic carbocycles. The third kappa shape index (κ3) is 4.15. The Labute approximate surface area is 169 Å². The molecule has 1 aromatic carbocycles. The van der Waals surface area contributed by atoms with Gasteiger partial charge in [-0.2, -0.15) is 0 Å². The number of hydrogen-bond donors (Lipinski definition) is 4. The predicted molar refractivity (Wildman–Crippen MR) is 102 cm³/mol. The molecule has 2 aromatic rings. The number of aliphatic hydroxyl groups is 1. The number of halogens is 1. The van der Waals surface area contributed by atoms with Crippen molar-refractivity contribution in [3.05, 3.63) is 63.6 Å². The Morgan fingerprint density at radius 1 is 1.30 bits per heavy atom. The molecule has 0 fully saturated rings. The Morgan fingerprint density at radius 3 is 2.80 bits per heavy atom. The topological polar surface area (TPSA) is 143 Å². The molecular weight excluding hydrogens is 399 g/mol. The van der Waals surface area contributed by atoms with Crippen LogP contribution in [0, 0.1) is 5.82 Å². The third-order valence-electron chi connectivity index (χ3n) is 4.35. The molecule has 158 valence electrons. The molecule has 0 saturated heterocycles. The molecular formula is C19H19FN4O6. The Balaban J connectivity index is 1.84. The van der Waals surface area contributed by atoms with E-state index in [1.165, 1.54) is 6.07 Å². The summed E-state index contributed by atoms with van der Waals surface area (Å²) >= 11 is 0. The number of aliphatic hydroxyl groups excluding tert-OH is 1. The molecule has 0 bridgehead atoms. The van der Waals surface area contributed by atoms with Crippen LogP contribution in [0.15, 0.2) is 29.6 Å². The predicted octanol–water partition coefficient (Wildman–Crippen LogP) is -0.259. The van der Waals surface area contributed by atoms with Gasteiger partial charge in [0.25, 0.3) is 17.4 Å². The molecule has 1 aromatic heterocycles. The molecule has 30 heavy (non-hydrogen) atoms. The number of rotatable bonds is 6. The van der Waals surface area contributed by atoms with E-state index < -0.39 is 34.6 Å². The van der Waals surface area contributed by atoms with Crippen molar-refractivity contribution in [2.24, 2.45) is 0 Å². The van der Waals surface area contributed by atoms with Gasteiger partial charge >= 0.3 is 0 Å². The SMILES string of the molecule is C=C1OCCn2c1nc(C(=O)NCc1ccc(F)cc1C(=O)NCCO)c(O)c2=O. The molecule has 1 aliphatic rings. The summed E-state index contributed by atoms with van der Waals surface area (Å²) < 4.78 is 19.9. The fourth-order valence-electron chi connectivity index (χ4n) is 2.89. The van der Waals surface area contributed by atoms with Crippen LogP contribution in [0.1, 0.15) is 32.2 Å². The lowest BCUT2D eigenvalue weighted by atomic mass is 10.1. The second-order valence-corrected chi connectivity index (χ2v) is 6.32. The van der Waals surface area contributed by atoms with Gasteiger partial charge in [0.15, 0.2) is 17.3 Å². The largest absolute Gasteiger partial charge is 0.501 e. The Bertz CT molecular complexity index is 1080. The van der Waals surface area contributed by atoms with E-state index >= 15 is 0 Å². The molecule has 11 heteroatoms. The van der Waals surface area contributed by atoms with Crippen LogP contribution in [0.4, 0.5) is 4.39 Å². The number of ether oxygens (including phenoxy) is 1. The van der Waals surface area contributed by atoms with Crippen LogP contribution < -0.4 is 16.2 Å². The van der Waals surface area contributed by atoms with Crippen LogP contribution in [0.25, 0.3) is 5.76 Å². The number of carbonyl (C=O) groups is 2. The van der Waals surface area contributed by atoms with Crippen LogP contribution in [0.5, 0.6) is 5.75 Å². The van der Waals surface area contributed by atoms with Gasteiger partial charge in [-0.25, -0.2) is 9.37 Å². The highest BCUT2D eigenvalue weighted by molar-refractivity contribution is 5.97. The Morgan fingerprint density at radius 2 is 2.07 bits per heavy atom. The quantitative estimate of drug-likeness (QED) is 0.506. The smallest absolute Gasteiger partial charge is 0.297 e. The van der Waals surface area contributed by atoms with Crippen molar-refractivity contribution < 1.29 is 28.9 Å².